The Morgan fingerprint density at radius 3 is 2.48 bits per heavy atom. The molecule has 2 heterocycles. The number of nitrogens with one attached hydrogen (secondary N) is 1. The van der Waals surface area contributed by atoms with Crippen LogP contribution in [0, 0.1) is 17.8 Å². The van der Waals surface area contributed by atoms with Gasteiger partial charge in [-0.15, -0.1) is 5.59 Å². The van der Waals surface area contributed by atoms with Gasteiger partial charge in [0.05, 0.1) is 13.2 Å². The Hall–Kier alpha value is -0.870. The van der Waals surface area contributed by atoms with E-state index in [1.54, 1.807) is 0 Å². The average Bonchev–Trinajstić information content (AvgIpc) is 2.76. The monoisotopic (exact) mass is 409 g/mol. The molecule has 1 saturated carbocycles. The van der Waals surface area contributed by atoms with Gasteiger partial charge in [0.1, 0.15) is 5.83 Å². The molecule has 0 spiro atoms. The van der Waals surface area contributed by atoms with Gasteiger partial charge in [0.15, 0.2) is 0 Å². The number of hydrogen-bond donors (Lipinski definition) is 3. The van der Waals surface area contributed by atoms with Crippen LogP contribution >= 0.6 is 0 Å². The van der Waals surface area contributed by atoms with Crippen molar-refractivity contribution in [1.82, 2.24) is 15.7 Å². The third kappa shape index (κ3) is 4.90. The molecule has 0 radical (unpaired) electrons. The fourth-order valence-electron chi connectivity index (χ4n) is 5.66. The highest BCUT2D eigenvalue weighted by atomic mass is 19.1. The zero-order valence-corrected chi connectivity index (χ0v) is 17.3. The summed E-state index contributed by atoms with van der Waals surface area (Å²) in [4.78, 5) is 13.1. The number of hydrogen-bond acceptors (Lipinski definition) is 7. The molecule has 3 fully saturated rings. The number of hydrazine groups is 1. The molecule has 0 aromatic rings. The van der Waals surface area contributed by atoms with Crippen LogP contribution in [0.4, 0.5) is 4.39 Å². The number of halogens is 1. The van der Waals surface area contributed by atoms with Gasteiger partial charge in [-0.2, -0.15) is 4.94 Å². The largest absolute Gasteiger partial charge is 0.324 e. The number of allylic oxidation sites excluding steroid dienone is 2. The lowest BCUT2D eigenvalue weighted by Crippen LogP contribution is -2.46. The predicted octanol–water partition coefficient (Wildman–Crippen LogP) is 2.33. The summed E-state index contributed by atoms with van der Waals surface area (Å²) in [6.07, 6.45) is 13.5. The van der Waals surface area contributed by atoms with Crippen LogP contribution in [-0.2, 0) is 9.78 Å². The second-order valence-corrected chi connectivity index (χ2v) is 8.98. The van der Waals surface area contributed by atoms with E-state index in [2.05, 4.69) is 10.5 Å². The van der Waals surface area contributed by atoms with Gasteiger partial charge < -0.3 is 10.6 Å². The van der Waals surface area contributed by atoms with E-state index in [9.17, 15) is 0 Å². The molecule has 2 saturated heterocycles. The summed E-state index contributed by atoms with van der Waals surface area (Å²) in [7, 11) is 0. The average molecular weight is 410 g/mol. The van der Waals surface area contributed by atoms with Crippen molar-refractivity contribution in [2.45, 2.75) is 63.5 Å². The van der Waals surface area contributed by atoms with Crippen LogP contribution in [0.5, 0.6) is 0 Å². The van der Waals surface area contributed by atoms with Gasteiger partial charge in [0, 0.05) is 18.0 Å². The zero-order valence-electron chi connectivity index (χ0n) is 17.3. The molecule has 0 bridgehead atoms. The third-order valence-corrected chi connectivity index (χ3v) is 7.32. The maximum atomic E-state index is 15.6. The van der Waals surface area contributed by atoms with E-state index < -0.39 is 0 Å². The summed E-state index contributed by atoms with van der Waals surface area (Å²) in [5.41, 5.74) is 9.28. The molecule has 8 heteroatoms. The van der Waals surface area contributed by atoms with Crippen molar-refractivity contribution < 1.29 is 14.2 Å². The topological polar surface area (TPSA) is 89.0 Å². The summed E-state index contributed by atoms with van der Waals surface area (Å²) in [5.74, 6) is 5.14. The van der Waals surface area contributed by atoms with Crippen molar-refractivity contribution in [3.63, 3.8) is 0 Å². The van der Waals surface area contributed by atoms with E-state index in [-0.39, 0.29) is 23.7 Å². The van der Waals surface area contributed by atoms with Gasteiger partial charge in [-0.05, 0) is 67.8 Å². The molecule has 5 N–H and O–H groups in total. The number of nitrogens with two attached hydrogens (primary N) is 2. The van der Waals surface area contributed by atoms with Gasteiger partial charge in [-0.1, -0.05) is 31.4 Å². The van der Waals surface area contributed by atoms with Crippen LogP contribution in [0.15, 0.2) is 23.6 Å². The molecule has 0 aromatic heterocycles. The quantitative estimate of drug-likeness (QED) is 0.474. The van der Waals surface area contributed by atoms with Crippen molar-refractivity contribution in [2.24, 2.45) is 29.3 Å². The van der Waals surface area contributed by atoms with Gasteiger partial charge in [-0.25, -0.2) is 10.2 Å². The van der Waals surface area contributed by atoms with E-state index in [4.69, 9.17) is 21.4 Å². The molecule has 3 atom stereocenters. The normalized spacial score (nSPS) is 34.1. The minimum Gasteiger partial charge on any atom is -0.324 e. The van der Waals surface area contributed by atoms with Crippen molar-refractivity contribution >= 4 is 0 Å². The lowest BCUT2D eigenvalue weighted by molar-refractivity contribution is -0.412. The summed E-state index contributed by atoms with van der Waals surface area (Å²) in [5, 5.41) is 1.30. The molecule has 3 unspecified atom stereocenters. The highest BCUT2D eigenvalue weighted by Gasteiger charge is 2.39. The van der Waals surface area contributed by atoms with E-state index in [1.165, 1.54) is 37.3 Å². The van der Waals surface area contributed by atoms with Crippen LogP contribution in [0.2, 0.25) is 0 Å². The van der Waals surface area contributed by atoms with Crippen molar-refractivity contribution in [1.29, 1.82) is 0 Å². The summed E-state index contributed by atoms with van der Waals surface area (Å²) in [6, 6.07) is 0.439. The first-order chi connectivity index (χ1) is 14.2. The van der Waals surface area contributed by atoms with Crippen LogP contribution < -0.4 is 17.2 Å². The lowest BCUT2D eigenvalue weighted by Gasteiger charge is -2.41. The number of rotatable bonds is 5. The summed E-state index contributed by atoms with van der Waals surface area (Å²) < 4.78 is 15.6. The fourth-order valence-corrected chi connectivity index (χ4v) is 5.66. The van der Waals surface area contributed by atoms with Crippen LogP contribution in [0.25, 0.3) is 0 Å². The van der Waals surface area contributed by atoms with Gasteiger partial charge in [0.2, 0.25) is 0 Å². The number of nitrogens with zero attached hydrogens (tertiary/aromatic N) is 2. The van der Waals surface area contributed by atoms with Gasteiger partial charge in [-0.3, -0.25) is 4.84 Å². The molecule has 7 nitrogen and oxygen atoms in total. The van der Waals surface area contributed by atoms with E-state index in [0.717, 1.165) is 44.0 Å². The molecule has 0 amide bonds. The third-order valence-electron chi connectivity index (χ3n) is 7.32. The molecule has 2 aliphatic heterocycles. The molecule has 164 valence electrons. The molecular weight excluding hydrogens is 373 g/mol. The number of piperidine rings is 1. The van der Waals surface area contributed by atoms with Crippen molar-refractivity contribution in [3.8, 4) is 0 Å². The number of hydroxylamine groups is 2. The van der Waals surface area contributed by atoms with Crippen molar-refractivity contribution in [3.05, 3.63) is 23.6 Å². The Kier molecular flexibility index (Phi) is 7.34. The van der Waals surface area contributed by atoms with Gasteiger partial charge in [0.25, 0.3) is 0 Å². The Balaban J connectivity index is 1.37. The fraction of sp³-hybridized carbons (Fsp3) is 0.810. The smallest absolute Gasteiger partial charge is 0.109 e. The molecular formula is C21H36FN5O2. The lowest BCUT2D eigenvalue weighted by atomic mass is 9.75. The zero-order chi connectivity index (χ0) is 20.2. The first-order valence-corrected chi connectivity index (χ1v) is 11.3. The van der Waals surface area contributed by atoms with Crippen LogP contribution in [0.1, 0.15) is 51.4 Å². The first-order valence-electron chi connectivity index (χ1n) is 11.3. The summed E-state index contributed by atoms with van der Waals surface area (Å²) in [6.45, 7) is 3.06. The SMILES string of the molecule is NNON1CCC(C2C(F)=C(C3CCN(C4CCCCC4)CC3)C=CC2N)CO1. The Bertz CT molecular complexity index is 594. The first kappa shape index (κ1) is 21.4. The highest BCUT2D eigenvalue weighted by Crippen LogP contribution is 2.40. The molecule has 4 rings (SSSR count). The maximum absolute atomic E-state index is 15.6. The van der Waals surface area contributed by atoms with Crippen LogP contribution in [0.3, 0.4) is 0 Å². The Morgan fingerprint density at radius 2 is 1.83 bits per heavy atom. The Labute approximate surface area is 173 Å². The summed E-state index contributed by atoms with van der Waals surface area (Å²) >= 11 is 0. The molecule has 2 aliphatic carbocycles. The van der Waals surface area contributed by atoms with E-state index in [1.807, 2.05) is 12.2 Å². The van der Waals surface area contributed by atoms with E-state index in [0.29, 0.717) is 19.1 Å². The van der Waals surface area contributed by atoms with Crippen LogP contribution in [-0.4, -0.2) is 48.5 Å². The van der Waals surface area contributed by atoms with Gasteiger partial charge >= 0.3 is 0 Å². The minimum absolute atomic E-state index is 0.0176. The second kappa shape index (κ2) is 9.96. The molecule has 0 aromatic carbocycles. The van der Waals surface area contributed by atoms with Crippen molar-refractivity contribution in [2.75, 3.05) is 26.2 Å². The predicted molar refractivity (Wildman–Crippen MR) is 109 cm³/mol. The molecule has 4 aliphatic rings. The minimum atomic E-state index is -0.320. The standard InChI is InChI=1S/C21H36FN5O2/c22-21-18(15-8-11-26(12-9-15)17-4-2-1-3-5-17)6-7-19(23)20(21)16-10-13-27(28-14-16)29-25-24/h6-7,15-17,19-20,25H,1-5,8-14,23-24H2. The highest BCUT2D eigenvalue weighted by molar-refractivity contribution is 5.34. The Morgan fingerprint density at radius 1 is 1.07 bits per heavy atom. The molecule has 29 heavy (non-hydrogen) atoms. The van der Waals surface area contributed by atoms with E-state index >= 15 is 4.39 Å². The number of likely N-dealkylation sites (tertiary alicyclic amines) is 1. The second-order valence-electron chi connectivity index (χ2n) is 8.98. The maximum Gasteiger partial charge on any atom is 0.109 e.